The Morgan fingerprint density at radius 1 is 1.18 bits per heavy atom. The van der Waals surface area contributed by atoms with Crippen LogP contribution < -0.4 is 5.32 Å². The van der Waals surface area contributed by atoms with E-state index in [9.17, 15) is 13.9 Å². The predicted molar refractivity (Wildman–Crippen MR) is 140 cm³/mol. The molecule has 3 aliphatic rings. The molecule has 1 unspecified atom stereocenters. The van der Waals surface area contributed by atoms with Crippen LogP contribution in [0.5, 0.6) is 0 Å². The van der Waals surface area contributed by atoms with Crippen LogP contribution in [0, 0.1) is 11.6 Å². The molecule has 2 aliphatic carbocycles. The van der Waals surface area contributed by atoms with Gasteiger partial charge in [-0.3, -0.25) is 0 Å². The Bertz CT molecular complexity index is 1360. The SMILES string of the molecule is CCCSc1nc(N[C@@H]2C[C@H]2c2ccc(F)c(F)c2)c2nnn([C@@H]3C[C@H](OCCO)[C@H]4OC(C)(C)OC34)c2n1. The van der Waals surface area contributed by atoms with Crippen molar-refractivity contribution in [1.82, 2.24) is 25.0 Å². The minimum Gasteiger partial charge on any atom is -0.394 e. The highest BCUT2D eigenvalue weighted by atomic mass is 32.2. The van der Waals surface area contributed by atoms with E-state index >= 15 is 0 Å². The van der Waals surface area contributed by atoms with Crippen molar-refractivity contribution in [1.29, 1.82) is 0 Å². The summed E-state index contributed by atoms with van der Waals surface area (Å²) in [5, 5.41) is 22.3. The maximum absolute atomic E-state index is 13.8. The number of benzene rings is 1. The number of anilines is 1. The van der Waals surface area contributed by atoms with Crippen LogP contribution in [-0.4, -0.2) is 79.2 Å². The zero-order valence-corrected chi connectivity index (χ0v) is 22.8. The molecule has 3 heterocycles. The van der Waals surface area contributed by atoms with Crippen LogP contribution in [-0.2, 0) is 14.2 Å². The molecule has 6 rings (SSSR count). The molecular weight excluding hydrogens is 530 g/mol. The molecular formula is C26H32F2N6O4S. The molecule has 10 nitrogen and oxygen atoms in total. The molecule has 0 radical (unpaired) electrons. The topological polar surface area (TPSA) is 116 Å². The fourth-order valence-electron chi connectivity index (χ4n) is 5.55. The smallest absolute Gasteiger partial charge is 0.191 e. The number of halogens is 2. The van der Waals surface area contributed by atoms with Crippen LogP contribution in [0.3, 0.4) is 0 Å². The molecule has 2 saturated carbocycles. The van der Waals surface area contributed by atoms with Gasteiger partial charge >= 0.3 is 0 Å². The second-order valence-electron chi connectivity index (χ2n) is 10.7. The number of aromatic nitrogens is 5. The number of ether oxygens (including phenoxy) is 3. The number of hydrogen-bond acceptors (Lipinski definition) is 10. The Kier molecular flexibility index (Phi) is 7.21. The summed E-state index contributed by atoms with van der Waals surface area (Å²) >= 11 is 1.55. The van der Waals surface area contributed by atoms with Crippen LogP contribution in [0.25, 0.3) is 11.2 Å². The molecule has 13 heteroatoms. The average Bonchev–Trinajstić information content (AvgIpc) is 3.24. The first-order valence-electron chi connectivity index (χ1n) is 13.3. The number of aliphatic hydroxyl groups is 1. The van der Waals surface area contributed by atoms with E-state index in [1.807, 2.05) is 13.8 Å². The zero-order chi connectivity index (χ0) is 27.3. The molecule has 1 aliphatic heterocycles. The van der Waals surface area contributed by atoms with E-state index in [2.05, 4.69) is 22.6 Å². The summed E-state index contributed by atoms with van der Waals surface area (Å²) in [5.41, 5.74) is 1.85. The number of hydrogen-bond donors (Lipinski definition) is 2. The lowest BCUT2D eigenvalue weighted by molar-refractivity contribution is -0.171. The molecule has 1 saturated heterocycles. The number of fused-ring (bicyclic) bond motifs is 2. The number of nitrogens with one attached hydrogen (secondary N) is 1. The number of thioether (sulfide) groups is 1. The van der Waals surface area contributed by atoms with Gasteiger partial charge in [0.25, 0.3) is 0 Å². The van der Waals surface area contributed by atoms with Crippen LogP contribution in [0.15, 0.2) is 23.4 Å². The second kappa shape index (κ2) is 10.5. The molecule has 3 fully saturated rings. The minimum atomic E-state index is -0.853. The molecule has 0 amide bonds. The predicted octanol–water partition coefficient (Wildman–Crippen LogP) is 3.81. The molecule has 2 N–H and O–H groups in total. The Morgan fingerprint density at radius 2 is 2.00 bits per heavy atom. The van der Waals surface area contributed by atoms with E-state index in [1.54, 1.807) is 22.5 Å². The van der Waals surface area contributed by atoms with E-state index in [0.29, 0.717) is 28.6 Å². The van der Waals surface area contributed by atoms with Crippen molar-refractivity contribution in [2.75, 3.05) is 24.3 Å². The third-order valence-electron chi connectivity index (χ3n) is 7.34. The Hall–Kier alpha value is -2.45. The van der Waals surface area contributed by atoms with Gasteiger partial charge in [-0.2, -0.15) is 0 Å². The third kappa shape index (κ3) is 5.22. The van der Waals surface area contributed by atoms with E-state index in [1.165, 1.54) is 6.07 Å². The van der Waals surface area contributed by atoms with Crippen molar-refractivity contribution < 1.29 is 28.1 Å². The van der Waals surface area contributed by atoms with E-state index in [4.69, 9.17) is 24.2 Å². The van der Waals surface area contributed by atoms with Gasteiger partial charge in [0.15, 0.2) is 39.6 Å². The fraction of sp³-hybridized carbons (Fsp3) is 0.615. The maximum atomic E-state index is 13.8. The molecule has 0 spiro atoms. The largest absolute Gasteiger partial charge is 0.394 e. The highest BCUT2D eigenvalue weighted by Crippen LogP contribution is 2.46. The molecule has 6 atom stereocenters. The third-order valence-corrected chi connectivity index (χ3v) is 8.40. The van der Waals surface area contributed by atoms with Gasteiger partial charge in [0.1, 0.15) is 12.2 Å². The van der Waals surface area contributed by atoms with Gasteiger partial charge in [-0.15, -0.1) is 5.10 Å². The van der Waals surface area contributed by atoms with Gasteiger partial charge in [0.2, 0.25) is 0 Å². The minimum absolute atomic E-state index is 0.00150. The van der Waals surface area contributed by atoms with E-state index < -0.39 is 17.4 Å². The highest BCUT2D eigenvalue weighted by molar-refractivity contribution is 7.99. The number of aliphatic hydroxyl groups excluding tert-OH is 1. The standard InChI is InChI=1S/C26H32F2N6O4S/c1-4-9-39-25-30-23(29-17-11-14(17)13-5-6-15(27)16(28)10-13)20-24(31-25)34(33-32-20)18-12-19(36-8-7-35)22-21(18)37-26(2,3)38-22/h5-6,10,14,17-19,21-22,35H,4,7-9,11-12H2,1-3H3,(H,29,30,31)/t14-,17+,18+,19-,21?,22+/m0/s1. The van der Waals surface area contributed by atoms with Gasteiger partial charge in [0.05, 0.1) is 25.4 Å². The molecule has 210 valence electrons. The maximum Gasteiger partial charge on any atom is 0.191 e. The normalized spacial score (nSPS) is 29.2. The molecule has 3 aromatic rings. The molecule has 2 aromatic heterocycles. The van der Waals surface area contributed by atoms with Crippen molar-refractivity contribution in [2.45, 2.75) is 87.3 Å². The molecule has 1 aromatic carbocycles. The van der Waals surface area contributed by atoms with Gasteiger partial charge < -0.3 is 24.6 Å². The Morgan fingerprint density at radius 3 is 2.77 bits per heavy atom. The summed E-state index contributed by atoms with van der Waals surface area (Å²) in [6, 6.07) is 3.80. The Labute approximate surface area is 228 Å². The summed E-state index contributed by atoms with van der Waals surface area (Å²) in [6.07, 6.45) is 1.38. The van der Waals surface area contributed by atoms with E-state index in [-0.39, 0.29) is 49.5 Å². The van der Waals surface area contributed by atoms with E-state index in [0.717, 1.165) is 30.2 Å². The summed E-state index contributed by atoms with van der Waals surface area (Å²) in [4.78, 5) is 9.57. The first-order chi connectivity index (χ1) is 18.8. The summed E-state index contributed by atoms with van der Waals surface area (Å²) < 4.78 is 47.4. The van der Waals surface area contributed by atoms with Gasteiger partial charge in [-0.1, -0.05) is 30.0 Å². The quantitative estimate of drug-likeness (QED) is 0.279. The first kappa shape index (κ1) is 26.8. The number of nitrogens with zero attached hydrogens (tertiary/aromatic N) is 5. The van der Waals surface area contributed by atoms with Crippen molar-refractivity contribution in [3.8, 4) is 0 Å². The highest BCUT2D eigenvalue weighted by Gasteiger charge is 2.56. The van der Waals surface area contributed by atoms with Crippen LogP contribution in [0.4, 0.5) is 14.6 Å². The van der Waals surface area contributed by atoms with Crippen molar-refractivity contribution in [3.05, 3.63) is 35.4 Å². The second-order valence-corrected chi connectivity index (χ2v) is 11.7. The monoisotopic (exact) mass is 562 g/mol. The van der Waals surface area contributed by atoms with Gasteiger partial charge in [-0.25, -0.2) is 23.4 Å². The summed E-state index contributed by atoms with van der Waals surface area (Å²) in [5.74, 6) is -1.03. The van der Waals surface area contributed by atoms with Crippen molar-refractivity contribution in [2.24, 2.45) is 0 Å². The zero-order valence-electron chi connectivity index (χ0n) is 22.0. The molecule has 39 heavy (non-hydrogen) atoms. The van der Waals surface area contributed by atoms with Gasteiger partial charge in [0, 0.05) is 24.1 Å². The molecule has 0 bridgehead atoms. The lowest BCUT2D eigenvalue weighted by atomic mass is 10.1. The summed E-state index contributed by atoms with van der Waals surface area (Å²) in [7, 11) is 0. The average molecular weight is 563 g/mol. The fourth-order valence-corrected chi connectivity index (χ4v) is 6.24. The van der Waals surface area contributed by atoms with Crippen LogP contribution in [0.1, 0.15) is 57.6 Å². The number of rotatable bonds is 10. The Balaban J connectivity index is 1.31. The summed E-state index contributed by atoms with van der Waals surface area (Å²) in [6.45, 7) is 5.96. The van der Waals surface area contributed by atoms with Crippen molar-refractivity contribution >= 4 is 28.7 Å². The van der Waals surface area contributed by atoms with Gasteiger partial charge in [-0.05, 0) is 44.4 Å². The lowest BCUT2D eigenvalue weighted by Gasteiger charge is -2.23. The first-order valence-corrected chi connectivity index (χ1v) is 14.3. The lowest BCUT2D eigenvalue weighted by Crippen LogP contribution is -2.31. The van der Waals surface area contributed by atoms with Crippen molar-refractivity contribution in [3.63, 3.8) is 0 Å². The van der Waals surface area contributed by atoms with Crippen LogP contribution >= 0.6 is 11.8 Å². The van der Waals surface area contributed by atoms with Crippen LogP contribution in [0.2, 0.25) is 0 Å².